The van der Waals surface area contributed by atoms with Crippen LogP contribution in [0.15, 0.2) is 48.5 Å². The number of halogens is 1. The normalized spacial score (nSPS) is 17.8. The topological polar surface area (TPSA) is 65.1 Å². The summed E-state index contributed by atoms with van der Waals surface area (Å²) in [5.41, 5.74) is 2.57. The number of ether oxygens (including phenoxy) is 1. The van der Waals surface area contributed by atoms with E-state index >= 15 is 0 Å². The summed E-state index contributed by atoms with van der Waals surface area (Å²) >= 11 is 0. The molecule has 0 saturated carbocycles. The summed E-state index contributed by atoms with van der Waals surface area (Å²) in [6.45, 7) is 16.1. The summed E-state index contributed by atoms with van der Waals surface area (Å²) in [4.78, 5) is 32.9. The van der Waals surface area contributed by atoms with Crippen molar-refractivity contribution in [3.63, 3.8) is 0 Å². The van der Waals surface area contributed by atoms with E-state index in [9.17, 15) is 9.59 Å². The van der Waals surface area contributed by atoms with Gasteiger partial charge < -0.3 is 24.8 Å². The molecular weight excluding hydrogens is 524 g/mol. The van der Waals surface area contributed by atoms with Crippen LogP contribution in [0.1, 0.15) is 64.5 Å². The van der Waals surface area contributed by atoms with E-state index in [1.165, 1.54) is 11.1 Å². The molecule has 40 heavy (non-hydrogen) atoms. The van der Waals surface area contributed by atoms with Crippen LogP contribution in [0.2, 0.25) is 0 Å². The van der Waals surface area contributed by atoms with E-state index in [2.05, 4.69) is 61.3 Å². The first kappa shape index (κ1) is 31.8. The fourth-order valence-corrected chi connectivity index (χ4v) is 5.58. The molecule has 0 spiro atoms. The molecule has 8 heteroatoms. The highest BCUT2D eigenvalue weighted by Gasteiger charge is 2.35. The molecule has 2 aliphatic heterocycles. The molecule has 1 N–H and O–H groups in total. The minimum Gasteiger partial charge on any atom is -0.478 e. The number of nitrogens with one attached hydrogen (secondary N) is 1. The molecule has 2 heterocycles. The second-order valence-corrected chi connectivity index (χ2v) is 11.7. The average molecular weight is 571 g/mol. The Bertz CT molecular complexity index is 1120. The smallest absolute Gasteiger partial charge is 0.266 e. The van der Waals surface area contributed by atoms with Gasteiger partial charge in [0.05, 0.1) is 5.92 Å². The van der Waals surface area contributed by atoms with Crippen molar-refractivity contribution in [2.24, 2.45) is 5.92 Å². The molecule has 1 atom stereocenters. The van der Waals surface area contributed by atoms with Crippen molar-refractivity contribution in [2.75, 3.05) is 50.7 Å². The SMILES string of the molecule is CCN(Cc1ccc(C(C)C)cc1)C(=O)[C@H]1CCCN(c2cccc(OC(C)(C)C(=O)N3CCNCC3)c2)C1.Cl. The van der Waals surface area contributed by atoms with Gasteiger partial charge in [0.15, 0.2) is 5.60 Å². The standard InChI is InChI=1S/C32H46N4O3.ClH/c1-6-34(22-25-12-14-26(15-13-25)24(2)3)30(37)27-9-8-18-36(23-27)28-10-7-11-29(21-28)39-32(4,5)31(38)35-19-16-33-17-20-35;/h7,10-15,21,24,27,33H,6,8-9,16-20,22-23H2,1-5H3;1H/t27-;/m0./s1. The van der Waals surface area contributed by atoms with E-state index in [-0.39, 0.29) is 30.1 Å². The van der Waals surface area contributed by atoms with Crippen molar-refractivity contribution < 1.29 is 14.3 Å². The zero-order valence-electron chi connectivity index (χ0n) is 24.8. The molecule has 2 saturated heterocycles. The monoisotopic (exact) mass is 570 g/mol. The maximum Gasteiger partial charge on any atom is 0.266 e. The lowest BCUT2D eigenvalue weighted by Gasteiger charge is -2.37. The van der Waals surface area contributed by atoms with Crippen LogP contribution in [0.3, 0.4) is 0 Å². The van der Waals surface area contributed by atoms with Gasteiger partial charge in [-0.2, -0.15) is 0 Å². The number of nitrogens with zero attached hydrogens (tertiary/aromatic N) is 3. The number of anilines is 1. The third kappa shape index (κ3) is 7.91. The first-order chi connectivity index (χ1) is 18.7. The largest absolute Gasteiger partial charge is 0.478 e. The highest BCUT2D eigenvalue weighted by molar-refractivity contribution is 5.85. The summed E-state index contributed by atoms with van der Waals surface area (Å²) in [5, 5.41) is 3.29. The second kappa shape index (κ2) is 14.2. The Labute approximate surface area is 246 Å². The van der Waals surface area contributed by atoms with E-state index in [4.69, 9.17) is 4.74 Å². The van der Waals surface area contributed by atoms with E-state index < -0.39 is 5.60 Å². The lowest BCUT2D eigenvalue weighted by Crippen LogP contribution is -2.54. The minimum absolute atomic E-state index is 0. The van der Waals surface area contributed by atoms with Crippen LogP contribution in [0, 0.1) is 5.92 Å². The van der Waals surface area contributed by atoms with Crippen molar-refractivity contribution in [3.05, 3.63) is 59.7 Å². The molecule has 4 rings (SSSR count). The maximum absolute atomic E-state index is 13.6. The molecule has 2 fully saturated rings. The Morgan fingerprint density at radius 1 is 1.07 bits per heavy atom. The predicted molar refractivity (Wildman–Crippen MR) is 164 cm³/mol. The Kier molecular flexibility index (Phi) is 11.3. The number of rotatable bonds is 9. The van der Waals surface area contributed by atoms with Crippen LogP contribution in [0.5, 0.6) is 5.75 Å². The Balaban J connectivity index is 0.00000441. The van der Waals surface area contributed by atoms with Crippen molar-refractivity contribution in [1.29, 1.82) is 0 Å². The molecular formula is C32H47ClN4O3. The van der Waals surface area contributed by atoms with Gasteiger partial charge in [0.1, 0.15) is 5.75 Å². The van der Waals surface area contributed by atoms with Gasteiger partial charge >= 0.3 is 0 Å². The summed E-state index contributed by atoms with van der Waals surface area (Å²) in [6, 6.07) is 16.6. The van der Waals surface area contributed by atoms with Gasteiger partial charge in [-0.3, -0.25) is 9.59 Å². The van der Waals surface area contributed by atoms with Gasteiger partial charge in [-0.1, -0.05) is 44.2 Å². The van der Waals surface area contributed by atoms with Crippen LogP contribution < -0.4 is 15.0 Å². The molecule has 0 aliphatic carbocycles. The van der Waals surface area contributed by atoms with Crippen LogP contribution in [-0.4, -0.2) is 73.0 Å². The van der Waals surface area contributed by atoms with Crippen LogP contribution in [-0.2, 0) is 16.1 Å². The van der Waals surface area contributed by atoms with Crippen molar-refractivity contribution in [2.45, 2.75) is 65.5 Å². The zero-order chi connectivity index (χ0) is 28.0. The Hall–Kier alpha value is -2.77. The third-order valence-corrected chi connectivity index (χ3v) is 7.96. The van der Waals surface area contributed by atoms with Crippen LogP contribution in [0.4, 0.5) is 5.69 Å². The number of carbonyl (C=O) groups excluding carboxylic acids is 2. The molecule has 2 aromatic rings. The van der Waals surface area contributed by atoms with Gasteiger partial charge in [0.2, 0.25) is 5.91 Å². The second-order valence-electron chi connectivity index (χ2n) is 11.7. The minimum atomic E-state index is -0.953. The number of piperazine rings is 1. The molecule has 7 nitrogen and oxygen atoms in total. The predicted octanol–water partition coefficient (Wildman–Crippen LogP) is 5.09. The highest BCUT2D eigenvalue weighted by Crippen LogP contribution is 2.30. The number of piperidine rings is 1. The van der Waals surface area contributed by atoms with Crippen molar-refractivity contribution in [3.8, 4) is 5.75 Å². The van der Waals surface area contributed by atoms with Crippen molar-refractivity contribution >= 4 is 29.9 Å². The molecule has 0 bridgehead atoms. The van der Waals surface area contributed by atoms with E-state index in [0.717, 1.165) is 38.2 Å². The maximum atomic E-state index is 13.6. The van der Waals surface area contributed by atoms with E-state index in [0.29, 0.717) is 44.4 Å². The number of amides is 2. The molecule has 2 aromatic carbocycles. The summed E-state index contributed by atoms with van der Waals surface area (Å²) in [6.07, 6.45) is 1.87. The zero-order valence-corrected chi connectivity index (χ0v) is 25.6. The van der Waals surface area contributed by atoms with Crippen LogP contribution in [0.25, 0.3) is 0 Å². The third-order valence-electron chi connectivity index (χ3n) is 7.96. The molecule has 0 radical (unpaired) electrons. The van der Waals surface area contributed by atoms with Gasteiger partial charge in [-0.25, -0.2) is 0 Å². The first-order valence-corrected chi connectivity index (χ1v) is 14.6. The lowest BCUT2D eigenvalue weighted by molar-refractivity contribution is -0.146. The summed E-state index contributed by atoms with van der Waals surface area (Å²) in [5.74, 6) is 1.37. The van der Waals surface area contributed by atoms with Gasteiger partial charge in [-0.15, -0.1) is 12.4 Å². The van der Waals surface area contributed by atoms with E-state index in [1.807, 2.05) is 41.8 Å². The lowest BCUT2D eigenvalue weighted by atomic mass is 9.95. The Morgan fingerprint density at radius 2 is 1.77 bits per heavy atom. The van der Waals surface area contributed by atoms with Crippen LogP contribution >= 0.6 is 12.4 Å². The molecule has 2 aliphatic rings. The highest BCUT2D eigenvalue weighted by atomic mass is 35.5. The average Bonchev–Trinajstić information content (AvgIpc) is 2.95. The Morgan fingerprint density at radius 3 is 2.42 bits per heavy atom. The number of hydrogen-bond donors (Lipinski definition) is 1. The number of benzene rings is 2. The van der Waals surface area contributed by atoms with E-state index in [1.54, 1.807) is 0 Å². The fraction of sp³-hybridized carbons (Fsp3) is 0.562. The molecule has 2 amide bonds. The molecule has 220 valence electrons. The summed E-state index contributed by atoms with van der Waals surface area (Å²) < 4.78 is 6.25. The quantitative estimate of drug-likeness (QED) is 0.455. The molecule has 0 unspecified atom stereocenters. The van der Waals surface area contributed by atoms with Crippen molar-refractivity contribution in [1.82, 2.24) is 15.1 Å². The summed E-state index contributed by atoms with van der Waals surface area (Å²) in [7, 11) is 0. The van der Waals surface area contributed by atoms with Gasteiger partial charge in [0, 0.05) is 64.1 Å². The van der Waals surface area contributed by atoms with Gasteiger partial charge in [-0.05, 0) is 62.8 Å². The molecule has 0 aromatic heterocycles. The first-order valence-electron chi connectivity index (χ1n) is 14.6. The van der Waals surface area contributed by atoms with Gasteiger partial charge in [0.25, 0.3) is 5.91 Å². The number of carbonyl (C=O) groups is 2. The number of hydrogen-bond acceptors (Lipinski definition) is 5. The fourth-order valence-electron chi connectivity index (χ4n) is 5.58.